The van der Waals surface area contributed by atoms with Crippen molar-refractivity contribution in [3.05, 3.63) is 0 Å². The minimum Gasteiger partial charge on any atom is -0.298 e. The summed E-state index contributed by atoms with van der Waals surface area (Å²) in [6.45, 7) is 10.7. The third kappa shape index (κ3) is 4.48. The molecule has 1 aliphatic carbocycles. The molecule has 0 heterocycles. The van der Waals surface area contributed by atoms with E-state index in [-0.39, 0.29) is 10.8 Å². The Labute approximate surface area is 113 Å². The first kappa shape index (κ1) is 15.3. The van der Waals surface area contributed by atoms with Gasteiger partial charge < -0.3 is 0 Å². The fraction of sp³-hybridized carbons (Fsp3) is 0.824. The predicted molar refractivity (Wildman–Crippen MR) is 77.2 cm³/mol. The summed E-state index contributed by atoms with van der Waals surface area (Å²) >= 11 is 0. The highest BCUT2D eigenvalue weighted by atomic mass is 16.1. The monoisotopic (exact) mass is 248 g/mol. The van der Waals surface area contributed by atoms with Gasteiger partial charge in [-0.05, 0) is 46.0 Å². The summed E-state index contributed by atoms with van der Waals surface area (Å²) < 4.78 is 0. The van der Waals surface area contributed by atoms with Gasteiger partial charge in [0, 0.05) is 10.8 Å². The summed E-state index contributed by atoms with van der Waals surface area (Å²) in [5.41, 5.74) is -0.0398. The Morgan fingerprint density at radius 2 is 1.78 bits per heavy atom. The summed E-state index contributed by atoms with van der Waals surface area (Å²) in [7, 11) is 0. The molecular weight excluding hydrogens is 220 g/mol. The molecule has 1 fully saturated rings. The average molecular weight is 248 g/mol. The van der Waals surface area contributed by atoms with E-state index in [0.717, 1.165) is 19.3 Å². The van der Waals surface area contributed by atoms with E-state index in [1.807, 2.05) is 0 Å². The molecule has 0 aromatic heterocycles. The van der Waals surface area contributed by atoms with E-state index in [9.17, 15) is 4.79 Å². The van der Waals surface area contributed by atoms with Crippen molar-refractivity contribution in [3.8, 4) is 11.8 Å². The fourth-order valence-electron chi connectivity index (χ4n) is 3.01. The molecule has 0 N–H and O–H groups in total. The summed E-state index contributed by atoms with van der Waals surface area (Å²) in [5.74, 6) is 7.27. The van der Waals surface area contributed by atoms with Crippen molar-refractivity contribution in [2.75, 3.05) is 0 Å². The summed E-state index contributed by atoms with van der Waals surface area (Å²) in [6, 6.07) is 0. The molecule has 102 valence electrons. The van der Waals surface area contributed by atoms with Crippen LogP contribution in [0.1, 0.15) is 73.1 Å². The second-order valence-electron chi connectivity index (χ2n) is 7.24. The van der Waals surface area contributed by atoms with Gasteiger partial charge in [-0.1, -0.05) is 38.5 Å². The van der Waals surface area contributed by atoms with Crippen LogP contribution < -0.4 is 0 Å². The number of ketones is 1. The second-order valence-corrected chi connectivity index (χ2v) is 7.24. The highest BCUT2D eigenvalue weighted by molar-refractivity contribution is 5.87. The molecule has 1 nitrogen and oxygen atoms in total. The Morgan fingerprint density at radius 3 is 2.22 bits per heavy atom. The smallest absolute Gasteiger partial charge is 0.150 e. The zero-order valence-electron chi connectivity index (χ0n) is 12.7. The van der Waals surface area contributed by atoms with Gasteiger partial charge in [-0.25, -0.2) is 0 Å². The van der Waals surface area contributed by atoms with Gasteiger partial charge in [0.1, 0.15) is 0 Å². The maximum atomic E-state index is 12.5. The first-order valence-corrected chi connectivity index (χ1v) is 7.28. The second kappa shape index (κ2) is 5.91. The zero-order valence-corrected chi connectivity index (χ0v) is 12.7. The molecule has 0 atom stereocenters. The van der Waals surface area contributed by atoms with Gasteiger partial charge in [0.2, 0.25) is 0 Å². The third-order valence-corrected chi connectivity index (χ3v) is 3.66. The highest BCUT2D eigenvalue weighted by Crippen LogP contribution is 2.44. The van der Waals surface area contributed by atoms with Crippen LogP contribution in [0.25, 0.3) is 0 Å². The standard InChI is InChI=1S/C17H28O/c1-14(2)13-17(11-6-7-12-17)15(18)9-8-10-16(3,4)5/h14H,6-7,9,11-13H2,1-5H3. The van der Waals surface area contributed by atoms with Gasteiger partial charge >= 0.3 is 0 Å². The van der Waals surface area contributed by atoms with Crippen molar-refractivity contribution in [2.45, 2.75) is 73.1 Å². The largest absolute Gasteiger partial charge is 0.298 e. The highest BCUT2D eigenvalue weighted by Gasteiger charge is 2.40. The number of rotatable bonds is 4. The van der Waals surface area contributed by atoms with Crippen LogP contribution in [0.3, 0.4) is 0 Å². The van der Waals surface area contributed by atoms with Crippen LogP contribution in [-0.2, 0) is 4.79 Å². The molecule has 18 heavy (non-hydrogen) atoms. The van der Waals surface area contributed by atoms with Crippen molar-refractivity contribution in [3.63, 3.8) is 0 Å². The molecule has 0 aromatic carbocycles. The number of carbonyl (C=O) groups excluding carboxylic acids is 1. The number of carbonyl (C=O) groups is 1. The molecule has 0 amide bonds. The van der Waals surface area contributed by atoms with Crippen LogP contribution in [0.5, 0.6) is 0 Å². The summed E-state index contributed by atoms with van der Waals surface area (Å²) in [6.07, 6.45) is 6.09. The molecular formula is C17H28O. The SMILES string of the molecule is CC(C)CC1(C(=O)CC#CC(C)(C)C)CCCC1. The molecule has 0 aliphatic heterocycles. The zero-order chi connectivity index (χ0) is 13.8. The van der Waals surface area contributed by atoms with E-state index in [0.29, 0.717) is 18.1 Å². The van der Waals surface area contributed by atoms with Crippen LogP contribution in [0.4, 0.5) is 0 Å². The summed E-state index contributed by atoms with van der Waals surface area (Å²) in [4.78, 5) is 12.5. The van der Waals surface area contributed by atoms with Crippen LogP contribution in [0.2, 0.25) is 0 Å². The fourth-order valence-corrected chi connectivity index (χ4v) is 3.01. The Bertz CT molecular complexity index is 340. The van der Waals surface area contributed by atoms with Crippen LogP contribution in [-0.4, -0.2) is 5.78 Å². The van der Waals surface area contributed by atoms with E-state index in [4.69, 9.17) is 0 Å². The molecule has 0 spiro atoms. The quantitative estimate of drug-likeness (QED) is 0.664. The maximum Gasteiger partial charge on any atom is 0.150 e. The topological polar surface area (TPSA) is 17.1 Å². The van der Waals surface area contributed by atoms with E-state index in [2.05, 4.69) is 46.5 Å². The molecule has 0 unspecified atom stereocenters. The number of hydrogen-bond acceptors (Lipinski definition) is 1. The molecule has 0 saturated heterocycles. The first-order chi connectivity index (χ1) is 8.25. The van der Waals surface area contributed by atoms with Gasteiger partial charge in [0.25, 0.3) is 0 Å². The van der Waals surface area contributed by atoms with Crippen molar-refractivity contribution < 1.29 is 4.79 Å². The molecule has 0 radical (unpaired) electrons. The molecule has 0 bridgehead atoms. The van der Waals surface area contributed by atoms with Gasteiger partial charge in [-0.3, -0.25) is 4.79 Å². The Kier molecular flexibility index (Phi) is 5.02. The van der Waals surface area contributed by atoms with Crippen molar-refractivity contribution >= 4 is 5.78 Å². The lowest BCUT2D eigenvalue weighted by molar-refractivity contribution is -0.128. The van der Waals surface area contributed by atoms with Crippen LogP contribution in [0, 0.1) is 28.6 Å². The first-order valence-electron chi connectivity index (χ1n) is 7.28. The number of hydrogen-bond donors (Lipinski definition) is 0. The lowest BCUT2D eigenvalue weighted by Crippen LogP contribution is -2.29. The number of Topliss-reactive ketones (excluding diaryl/α,β-unsaturated/α-hetero) is 1. The third-order valence-electron chi connectivity index (χ3n) is 3.66. The Balaban J connectivity index is 2.69. The normalized spacial score (nSPS) is 18.6. The van der Waals surface area contributed by atoms with E-state index >= 15 is 0 Å². The van der Waals surface area contributed by atoms with Crippen molar-refractivity contribution in [1.82, 2.24) is 0 Å². The van der Waals surface area contributed by atoms with Gasteiger partial charge in [-0.2, -0.15) is 0 Å². The van der Waals surface area contributed by atoms with E-state index in [1.165, 1.54) is 12.8 Å². The minimum absolute atomic E-state index is 0.00116. The Hall–Kier alpha value is -0.770. The van der Waals surface area contributed by atoms with E-state index in [1.54, 1.807) is 0 Å². The van der Waals surface area contributed by atoms with Crippen LogP contribution >= 0.6 is 0 Å². The molecule has 1 heteroatoms. The van der Waals surface area contributed by atoms with Gasteiger partial charge in [0.15, 0.2) is 5.78 Å². The van der Waals surface area contributed by atoms with Crippen molar-refractivity contribution in [1.29, 1.82) is 0 Å². The average Bonchev–Trinajstić information content (AvgIpc) is 2.64. The van der Waals surface area contributed by atoms with Gasteiger partial charge in [0.05, 0.1) is 6.42 Å². The molecule has 1 rings (SSSR count). The van der Waals surface area contributed by atoms with Gasteiger partial charge in [-0.15, -0.1) is 0 Å². The molecule has 1 saturated carbocycles. The molecule has 0 aromatic rings. The Morgan fingerprint density at radius 1 is 1.22 bits per heavy atom. The van der Waals surface area contributed by atoms with Crippen molar-refractivity contribution in [2.24, 2.45) is 16.7 Å². The minimum atomic E-state index is -0.0409. The molecule has 1 aliphatic rings. The van der Waals surface area contributed by atoms with E-state index < -0.39 is 0 Å². The summed E-state index contributed by atoms with van der Waals surface area (Å²) in [5, 5.41) is 0. The predicted octanol–water partition coefficient (Wildman–Crippen LogP) is 4.60. The lowest BCUT2D eigenvalue weighted by atomic mass is 9.74. The van der Waals surface area contributed by atoms with Crippen LogP contribution in [0.15, 0.2) is 0 Å². The lowest BCUT2D eigenvalue weighted by Gasteiger charge is -2.28. The maximum absolute atomic E-state index is 12.5.